The van der Waals surface area contributed by atoms with Crippen molar-refractivity contribution in [2.45, 2.75) is 13.8 Å². The van der Waals surface area contributed by atoms with Crippen LogP contribution >= 0.6 is 15.9 Å². The van der Waals surface area contributed by atoms with E-state index in [4.69, 9.17) is 9.47 Å². The van der Waals surface area contributed by atoms with Crippen LogP contribution in [0.1, 0.15) is 11.1 Å². The second-order valence-electron chi connectivity index (χ2n) is 6.70. The smallest absolute Gasteiger partial charge is 0.260 e. The summed E-state index contributed by atoms with van der Waals surface area (Å²) in [5.74, 6) is 1.65. The number of halogens is 1. The van der Waals surface area contributed by atoms with Crippen LogP contribution in [0.15, 0.2) is 40.9 Å². The zero-order valence-electron chi connectivity index (χ0n) is 16.0. The maximum atomic E-state index is 12.5. The van der Waals surface area contributed by atoms with E-state index in [1.165, 1.54) is 0 Å². The molecule has 0 aliphatic carbocycles. The average molecular weight is 433 g/mol. The highest BCUT2D eigenvalue weighted by Gasteiger charge is 2.23. The lowest BCUT2D eigenvalue weighted by Gasteiger charge is -2.36. The van der Waals surface area contributed by atoms with Gasteiger partial charge in [0.2, 0.25) is 0 Å². The molecule has 2 aromatic rings. The monoisotopic (exact) mass is 432 g/mol. The molecule has 1 aliphatic heterocycles. The Hall–Kier alpha value is -2.21. The van der Waals surface area contributed by atoms with Crippen molar-refractivity contribution < 1.29 is 14.3 Å². The Balaban J connectivity index is 1.55. The molecule has 0 aromatic heterocycles. The third-order valence-corrected chi connectivity index (χ3v) is 5.72. The van der Waals surface area contributed by atoms with Crippen molar-refractivity contribution in [1.29, 1.82) is 0 Å². The molecule has 5 nitrogen and oxygen atoms in total. The Morgan fingerprint density at radius 1 is 1.04 bits per heavy atom. The van der Waals surface area contributed by atoms with Crippen LogP contribution in [0.3, 0.4) is 0 Å². The number of methoxy groups -OCH3 is 1. The van der Waals surface area contributed by atoms with Crippen molar-refractivity contribution in [1.82, 2.24) is 4.90 Å². The summed E-state index contributed by atoms with van der Waals surface area (Å²) in [6.45, 7) is 6.98. The predicted octanol–water partition coefficient (Wildman–Crippen LogP) is 3.80. The number of carbonyl (C=O) groups is 1. The van der Waals surface area contributed by atoms with Gasteiger partial charge < -0.3 is 19.3 Å². The minimum absolute atomic E-state index is 0.0228. The predicted molar refractivity (Wildman–Crippen MR) is 111 cm³/mol. The first-order chi connectivity index (χ1) is 13.0. The first-order valence-electron chi connectivity index (χ1n) is 9.05. The summed E-state index contributed by atoms with van der Waals surface area (Å²) in [6.07, 6.45) is 0. The number of anilines is 1. The number of amides is 1. The van der Waals surface area contributed by atoms with Gasteiger partial charge in [0, 0.05) is 30.7 Å². The van der Waals surface area contributed by atoms with Gasteiger partial charge in [0.25, 0.3) is 5.91 Å². The van der Waals surface area contributed by atoms with Gasteiger partial charge in [0.1, 0.15) is 11.5 Å². The molecule has 0 unspecified atom stereocenters. The van der Waals surface area contributed by atoms with Gasteiger partial charge in [-0.3, -0.25) is 4.79 Å². The quantitative estimate of drug-likeness (QED) is 0.720. The van der Waals surface area contributed by atoms with Crippen LogP contribution in [0.5, 0.6) is 11.5 Å². The molecule has 1 fully saturated rings. The zero-order chi connectivity index (χ0) is 19.4. The molecule has 1 aliphatic rings. The largest absolute Gasteiger partial charge is 0.495 e. The second kappa shape index (κ2) is 8.65. The highest BCUT2D eigenvalue weighted by molar-refractivity contribution is 9.10. The number of para-hydroxylation sites is 2. The van der Waals surface area contributed by atoms with Crippen LogP contribution < -0.4 is 14.4 Å². The molecule has 0 bridgehead atoms. The van der Waals surface area contributed by atoms with Crippen LogP contribution in [0, 0.1) is 13.8 Å². The summed E-state index contributed by atoms with van der Waals surface area (Å²) in [6, 6.07) is 12.0. The van der Waals surface area contributed by atoms with E-state index in [1.807, 2.05) is 49.1 Å². The number of aryl methyl sites for hydroxylation is 2. The number of rotatable bonds is 5. The number of ether oxygens (including phenoxy) is 2. The summed E-state index contributed by atoms with van der Waals surface area (Å²) in [4.78, 5) is 16.7. The lowest BCUT2D eigenvalue weighted by Crippen LogP contribution is -2.50. The Kier molecular flexibility index (Phi) is 6.26. The van der Waals surface area contributed by atoms with Crippen LogP contribution in [-0.4, -0.2) is 50.7 Å². The molecule has 2 aromatic carbocycles. The van der Waals surface area contributed by atoms with Crippen LogP contribution in [0.4, 0.5) is 5.69 Å². The molecule has 0 radical (unpaired) electrons. The topological polar surface area (TPSA) is 42.0 Å². The summed E-state index contributed by atoms with van der Waals surface area (Å²) in [7, 11) is 1.68. The number of piperazine rings is 1. The van der Waals surface area contributed by atoms with Gasteiger partial charge in [-0.05, 0) is 49.2 Å². The fraction of sp³-hybridized carbons (Fsp3) is 0.381. The van der Waals surface area contributed by atoms with E-state index in [2.05, 4.69) is 26.9 Å². The number of benzene rings is 2. The molecule has 0 saturated carbocycles. The van der Waals surface area contributed by atoms with Crippen LogP contribution in [0.2, 0.25) is 0 Å². The van der Waals surface area contributed by atoms with Crippen LogP contribution in [0.25, 0.3) is 0 Å². The average Bonchev–Trinajstić information content (AvgIpc) is 2.69. The summed E-state index contributed by atoms with van der Waals surface area (Å²) in [5, 5.41) is 0. The molecule has 27 heavy (non-hydrogen) atoms. The molecule has 0 N–H and O–H groups in total. The molecule has 3 rings (SSSR count). The van der Waals surface area contributed by atoms with Gasteiger partial charge in [-0.1, -0.05) is 28.1 Å². The van der Waals surface area contributed by atoms with E-state index in [1.54, 1.807) is 7.11 Å². The van der Waals surface area contributed by atoms with Crippen molar-refractivity contribution in [2.75, 3.05) is 44.8 Å². The SMILES string of the molecule is COc1ccccc1N1CCN(C(=O)COc2cc(C)c(Br)cc2C)CC1. The normalized spacial score (nSPS) is 14.2. The van der Waals surface area contributed by atoms with Gasteiger partial charge in [-0.2, -0.15) is 0 Å². The molecule has 0 spiro atoms. The second-order valence-corrected chi connectivity index (χ2v) is 7.55. The summed E-state index contributed by atoms with van der Waals surface area (Å²) < 4.78 is 12.3. The minimum atomic E-state index is 0.0228. The fourth-order valence-corrected chi connectivity index (χ4v) is 3.69. The van der Waals surface area contributed by atoms with E-state index in [9.17, 15) is 4.79 Å². The van der Waals surface area contributed by atoms with E-state index in [0.717, 1.165) is 45.9 Å². The summed E-state index contributed by atoms with van der Waals surface area (Å²) >= 11 is 3.51. The fourth-order valence-electron chi connectivity index (χ4n) is 3.23. The molecule has 6 heteroatoms. The Bertz CT molecular complexity index is 817. The molecule has 1 amide bonds. The van der Waals surface area contributed by atoms with E-state index < -0.39 is 0 Å². The van der Waals surface area contributed by atoms with Crippen molar-refractivity contribution in [3.8, 4) is 11.5 Å². The minimum Gasteiger partial charge on any atom is -0.495 e. The first-order valence-corrected chi connectivity index (χ1v) is 9.84. The third-order valence-electron chi connectivity index (χ3n) is 4.87. The number of carbonyl (C=O) groups excluding carboxylic acids is 1. The molecule has 0 atom stereocenters. The summed E-state index contributed by atoms with van der Waals surface area (Å²) in [5.41, 5.74) is 3.18. The maximum Gasteiger partial charge on any atom is 0.260 e. The van der Waals surface area contributed by atoms with Crippen LogP contribution in [-0.2, 0) is 4.79 Å². The van der Waals surface area contributed by atoms with Gasteiger partial charge >= 0.3 is 0 Å². The van der Waals surface area contributed by atoms with E-state index in [-0.39, 0.29) is 12.5 Å². The zero-order valence-corrected chi connectivity index (χ0v) is 17.6. The van der Waals surface area contributed by atoms with Gasteiger partial charge in [0.05, 0.1) is 12.8 Å². The first kappa shape index (κ1) is 19.5. The van der Waals surface area contributed by atoms with Gasteiger partial charge in [0.15, 0.2) is 6.61 Å². The molecule has 1 heterocycles. The van der Waals surface area contributed by atoms with Crippen molar-refractivity contribution >= 4 is 27.5 Å². The molecular formula is C21H25BrN2O3. The number of nitrogens with zero attached hydrogens (tertiary/aromatic N) is 2. The van der Waals surface area contributed by atoms with Crippen molar-refractivity contribution in [3.05, 3.63) is 52.0 Å². The highest BCUT2D eigenvalue weighted by Crippen LogP contribution is 2.29. The van der Waals surface area contributed by atoms with E-state index in [0.29, 0.717) is 13.1 Å². The number of hydrogen-bond acceptors (Lipinski definition) is 4. The molecule has 1 saturated heterocycles. The lowest BCUT2D eigenvalue weighted by molar-refractivity contribution is -0.133. The third kappa shape index (κ3) is 4.56. The molecule has 144 valence electrons. The van der Waals surface area contributed by atoms with Crippen molar-refractivity contribution in [3.63, 3.8) is 0 Å². The van der Waals surface area contributed by atoms with Gasteiger partial charge in [-0.25, -0.2) is 0 Å². The lowest BCUT2D eigenvalue weighted by atomic mass is 10.1. The molecular weight excluding hydrogens is 408 g/mol. The Morgan fingerprint density at radius 2 is 1.74 bits per heavy atom. The number of hydrogen-bond donors (Lipinski definition) is 0. The van der Waals surface area contributed by atoms with Gasteiger partial charge in [-0.15, -0.1) is 0 Å². The Morgan fingerprint density at radius 3 is 2.44 bits per heavy atom. The standard InChI is InChI=1S/C21H25BrN2O3/c1-15-13-20(16(2)12-17(15)22)27-14-21(25)24-10-8-23(9-11-24)18-6-4-5-7-19(18)26-3/h4-7,12-13H,8-11,14H2,1-3H3. The maximum absolute atomic E-state index is 12.5. The van der Waals surface area contributed by atoms with Crippen molar-refractivity contribution in [2.24, 2.45) is 0 Å². The highest BCUT2D eigenvalue weighted by atomic mass is 79.9. The van der Waals surface area contributed by atoms with E-state index >= 15 is 0 Å². The Labute approximate surface area is 169 Å².